The zero-order valence-corrected chi connectivity index (χ0v) is 14.2. The lowest BCUT2D eigenvalue weighted by Gasteiger charge is -2.18. The fourth-order valence-electron chi connectivity index (χ4n) is 2.96. The number of nitriles is 1. The highest BCUT2D eigenvalue weighted by atomic mass is 19.2. The first kappa shape index (κ1) is 17.4. The number of halogens is 2. The summed E-state index contributed by atoms with van der Waals surface area (Å²) in [5.74, 6) is -1.38. The van der Waals surface area contributed by atoms with Gasteiger partial charge in [-0.25, -0.2) is 13.8 Å². The number of methoxy groups -OCH3 is 1. The second-order valence-electron chi connectivity index (χ2n) is 5.65. The van der Waals surface area contributed by atoms with Crippen LogP contribution in [-0.4, -0.2) is 12.1 Å². The number of pyridine rings is 1. The number of benzene rings is 2. The summed E-state index contributed by atoms with van der Waals surface area (Å²) in [5, 5.41) is 9.60. The zero-order chi connectivity index (χ0) is 18.8. The summed E-state index contributed by atoms with van der Waals surface area (Å²) in [6.07, 6.45) is 0. The van der Waals surface area contributed by atoms with Crippen molar-refractivity contribution in [3.63, 3.8) is 0 Å². The summed E-state index contributed by atoms with van der Waals surface area (Å²) in [7, 11) is 1.53. The van der Waals surface area contributed by atoms with Gasteiger partial charge in [-0.2, -0.15) is 5.26 Å². The van der Waals surface area contributed by atoms with E-state index in [2.05, 4.69) is 4.98 Å². The fraction of sp³-hybridized carbons (Fsp3) is 0.100. The predicted octanol–water partition coefficient (Wildman–Crippen LogP) is 4.46. The van der Waals surface area contributed by atoms with Crippen LogP contribution >= 0.6 is 0 Å². The fourth-order valence-corrected chi connectivity index (χ4v) is 2.96. The lowest BCUT2D eigenvalue weighted by molar-refractivity contribution is 0.416. The van der Waals surface area contributed by atoms with Gasteiger partial charge in [0.2, 0.25) is 0 Å². The highest BCUT2D eigenvalue weighted by Crippen LogP contribution is 2.42. The van der Waals surface area contributed by atoms with Crippen molar-refractivity contribution in [2.45, 2.75) is 6.92 Å². The van der Waals surface area contributed by atoms with Crippen LogP contribution in [0.25, 0.3) is 22.3 Å². The number of anilines is 1. The summed E-state index contributed by atoms with van der Waals surface area (Å²) in [5.41, 5.74) is 8.55. The molecule has 0 fully saturated rings. The molecule has 0 atom stereocenters. The molecule has 0 saturated carbocycles. The van der Waals surface area contributed by atoms with Crippen LogP contribution in [0.1, 0.15) is 11.3 Å². The third-order valence-corrected chi connectivity index (χ3v) is 4.10. The van der Waals surface area contributed by atoms with E-state index in [1.165, 1.54) is 13.2 Å². The number of nitrogen functional groups attached to an aromatic ring is 1. The van der Waals surface area contributed by atoms with Crippen LogP contribution in [0, 0.1) is 29.9 Å². The van der Waals surface area contributed by atoms with Gasteiger partial charge in [0.05, 0.1) is 7.11 Å². The van der Waals surface area contributed by atoms with Crippen molar-refractivity contribution in [2.75, 3.05) is 12.8 Å². The molecule has 0 aliphatic carbocycles. The minimum Gasteiger partial charge on any atom is -0.496 e. The molecular weight excluding hydrogens is 336 g/mol. The summed E-state index contributed by atoms with van der Waals surface area (Å²) in [6.45, 7) is 1.74. The molecule has 3 rings (SSSR count). The molecule has 4 nitrogen and oxygen atoms in total. The van der Waals surface area contributed by atoms with Crippen molar-refractivity contribution < 1.29 is 13.5 Å². The molecule has 0 unspecified atom stereocenters. The molecule has 0 saturated heterocycles. The molecule has 1 heterocycles. The van der Waals surface area contributed by atoms with Crippen LogP contribution in [0.2, 0.25) is 0 Å². The van der Waals surface area contributed by atoms with Crippen LogP contribution < -0.4 is 10.5 Å². The van der Waals surface area contributed by atoms with Crippen molar-refractivity contribution in [1.82, 2.24) is 4.98 Å². The van der Waals surface area contributed by atoms with Crippen molar-refractivity contribution in [1.29, 1.82) is 5.26 Å². The number of nitrogens with zero attached hydrogens (tertiary/aromatic N) is 2. The average molecular weight is 351 g/mol. The van der Waals surface area contributed by atoms with Gasteiger partial charge < -0.3 is 10.5 Å². The van der Waals surface area contributed by atoms with Crippen LogP contribution in [0.15, 0.2) is 42.5 Å². The number of hydrogen-bond acceptors (Lipinski definition) is 4. The Morgan fingerprint density at radius 2 is 1.81 bits per heavy atom. The Hall–Kier alpha value is -3.46. The van der Waals surface area contributed by atoms with Crippen molar-refractivity contribution in [3.05, 3.63) is 65.4 Å². The number of aromatic nitrogens is 1. The minimum absolute atomic E-state index is 0.0309. The van der Waals surface area contributed by atoms with Crippen molar-refractivity contribution >= 4 is 5.82 Å². The second kappa shape index (κ2) is 6.81. The van der Waals surface area contributed by atoms with Crippen molar-refractivity contribution in [3.8, 4) is 34.1 Å². The molecule has 0 bridgehead atoms. The second-order valence-corrected chi connectivity index (χ2v) is 5.65. The summed E-state index contributed by atoms with van der Waals surface area (Å²) in [6, 6.07) is 12.7. The Morgan fingerprint density at radius 1 is 1.08 bits per heavy atom. The van der Waals surface area contributed by atoms with Crippen LogP contribution in [0.5, 0.6) is 5.75 Å². The summed E-state index contributed by atoms with van der Waals surface area (Å²) in [4.78, 5) is 4.25. The number of rotatable bonds is 3. The van der Waals surface area contributed by atoms with Gasteiger partial charge in [0.25, 0.3) is 0 Å². The first-order valence-corrected chi connectivity index (χ1v) is 7.77. The third kappa shape index (κ3) is 2.84. The smallest absolute Gasteiger partial charge is 0.159 e. The molecule has 0 amide bonds. The topological polar surface area (TPSA) is 71.9 Å². The average Bonchev–Trinajstić information content (AvgIpc) is 2.63. The highest BCUT2D eigenvalue weighted by Gasteiger charge is 2.22. The molecule has 6 heteroatoms. The van der Waals surface area contributed by atoms with E-state index in [1.54, 1.807) is 13.0 Å². The maximum Gasteiger partial charge on any atom is 0.159 e. The van der Waals surface area contributed by atoms with Gasteiger partial charge in [-0.1, -0.05) is 24.3 Å². The van der Waals surface area contributed by atoms with Gasteiger partial charge in [-0.05, 0) is 30.7 Å². The van der Waals surface area contributed by atoms with Crippen LogP contribution in [0.4, 0.5) is 14.6 Å². The molecule has 0 spiro atoms. The summed E-state index contributed by atoms with van der Waals surface area (Å²) >= 11 is 0. The van der Waals surface area contributed by atoms with E-state index >= 15 is 0 Å². The first-order chi connectivity index (χ1) is 12.5. The molecule has 3 aromatic rings. The Labute approximate surface area is 149 Å². The van der Waals surface area contributed by atoms with E-state index in [4.69, 9.17) is 10.5 Å². The molecule has 0 aliphatic rings. The number of hydrogen-bond donors (Lipinski definition) is 1. The van der Waals surface area contributed by atoms with Gasteiger partial charge in [0, 0.05) is 22.4 Å². The Balaban J connectivity index is 2.45. The zero-order valence-electron chi connectivity index (χ0n) is 14.2. The molecule has 0 radical (unpaired) electrons. The molecule has 2 aromatic carbocycles. The van der Waals surface area contributed by atoms with E-state index < -0.39 is 11.6 Å². The van der Waals surface area contributed by atoms with Crippen molar-refractivity contribution in [2.24, 2.45) is 0 Å². The van der Waals surface area contributed by atoms with Gasteiger partial charge >= 0.3 is 0 Å². The normalized spacial score (nSPS) is 10.4. The molecule has 26 heavy (non-hydrogen) atoms. The lowest BCUT2D eigenvalue weighted by atomic mass is 9.89. The quantitative estimate of drug-likeness (QED) is 0.756. The Morgan fingerprint density at radius 3 is 2.46 bits per heavy atom. The SMILES string of the molecule is COc1ccccc1-c1c(C)nc(N)c(C#N)c1-c1ccc(F)c(F)c1. The van der Waals surface area contributed by atoms with Gasteiger partial charge in [0.1, 0.15) is 23.2 Å². The summed E-state index contributed by atoms with van der Waals surface area (Å²) < 4.78 is 32.7. The number of nitrogens with two attached hydrogens (primary N) is 1. The number of para-hydroxylation sites is 1. The number of ether oxygens (including phenoxy) is 1. The van der Waals surface area contributed by atoms with Crippen LogP contribution in [-0.2, 0) is 0 Å². The Bertz CT molecular complexity index is 1040. The largest absolute Gasteiger partial charge is 0.496 e. The van der Waals surface area contributed by atoms with Crippen LogP contribution in [0.3, 0.4) is 0 Å². The van der Waals surface area contributed by atoms with E-state index in [-0.39, 0.29) is 11.4 Å². The first-order valence-electron chi connectivity index (χ1n) is 7.77. The minimum atomic E-state index is -1.01. The lowest BCUT2D eigenvalue weighted by Crippen LogP contribution is -2.04. The van der Waals surface area contributed by atoms with E-state index in [0.717, 1.165) is 12.1 Å². The standard InChI is InChI=1S/C20H15F2N3O/c1-11-18(13-5-3-4-6-17(13)26-2)19(14(10-23)20(24)25-11)12-7-8-15(21)16(22)9-12/h3-9H,1-2H3,(H2,24,25). The number of aryl methyl sites for hydroxylation is 1. The molecule has 130 valence electrons. The molecule has 1 aromatic heterocycles. The molecule has 0 aliphatic heterocycles. The molecule has 2 N–H and O–H groups in total. The monoisotopic (exact) mass is 351 g/mol. The van der Waals surface area contributed by atoms with Gasteiger partial charge in [-0.15, -0.1) is 0 Å². The van der Waals surface area contributed by atoms with E-state index in [1.807, 2.05) is 24.3 Å². The van der Waals surface area contributed by atoms with Gasteiger partial charge in [0.15, 0.2) is 11.6 Å². The maximum atomic E-state index is 13.9. The maximum absolute atomic E-state index is 13.9. The van der Waals surface area contributed by atoms with E-state index in [9.17, 15) is 14.0 Å². The van der Waals surface area contributed by atoms with Gasteiger partial charge in [-0.3, -0.25) is 0 Å². The molecular formula is C20H15F2N3O. The third-order valence-electron chi connectivity index (χ3n) is 4.10. The Kier molecular flexibility index (Phi) is 4.55. The van der Waals surface area contributed by atoms with E-state index in [0.29, 0.717) is 33.7 Å². The predicted molar refractivity (Wildman–Crippen MR) is 95.4 cm³/mol. The highest BCUT2D eigenvalue weighted by molar-refractivity contribution is 5.92.